The first-order valence-corrected chi connectivity index (χ1v) is 6.17. The van der Waals surface area contributed by atoms with Crippen molar-refractivity contribution in [3.05, 3.63) is 11.8 Å². The maximum absolute atomic E-state index is 12.0. The van der Waals surface area contributed by atoms with Crippen LogP contribution in [0.4, 0.5) is 13.2 Å². The Morgan fingerprint density at radius 2 is 2.06 bits per heavy atom. The van der Waals surface area contributed by atoms with Crippen molar-refractivity contribution >= 4 is 16.0 Å². The first-order chi connectivity index (χ1) is 7.72. The average molecular weight is 271 g/mol. The fourth-order valence-electron chi connectivity index (χ4n) is 1.83. The lowest BCUT2D eigenvalue weighted by Gasteiger charge is -2.14. The third-order valence-electron chi connectivity index (χ3n) is 2.60. The van der Waals surface area contributed by atoms with E-state index in [0.717, 1.165) is 12.5 Å². The summed E-state index contributed by atoms with van der Waals surface area (Å²) in [5.74, 6) is -1.56. The quantitative estimate of drug-likeness (QED) is 0.549. The van der Waals surface area contributed by atoms with E-state index in [1.54, 1.807) is 0 Å². The van der Waals surface area contributed by atoms with E-state index >= 15 is 0 Å². The minimum absolute atomic E-state index is 0.346. The molecule has 1 atom stereocenters. The van der Waals surface area contributed by atoms with Crippen molar-refractivity contribution in [1.82, 2.24) is 4.90 Å². The highest BCUT2D eigenvalue weighted by Crippen LogP contribution is 2.32. The largest absolute Gasteiger partial charge is 0.534 e. The van der Waals surface area contributed by atoms with Crippen LogP contribution in [0.5, 0.6) is 0 Å². The summed E-state index contributed by atoms with van der Waals surface area (Å²) < 4.78 is 61.4. The number of alkyl halides is 3. The Morgan fingerprint density at radius 3 is 2.59 bits per heavy atom. The minimum Gasteiger partial charge on any atom is -0.370 e. The van der Waals surface area contributed by atoms with Crippen LogP contribution in [-0.4, -0.2) is 37.3 Å². The maximum atomic E-state index is 12.0. The number of nitrogens with zero attached hydrogens (tertiary/aromatic N) is 1. The molecule has 2 aliphatic rings. The van der Waals surface area contributed by atoms with Crippen molar-refractivity contribution in [1.29, 1.82) is 0 Å². The van der Waals surface area contributed by atoms with Crippen molar-refractivity contribution in [2.45, 2.75) is 24.4 Å². The Kier molecular flexibility index (Phi) is 2.60. The lowest BCUT2D eigenvalue weighted by Crippen LogP contribution is -2.31. The van der Waals surface area contributed by atoms with Gasteiger partial charge in [-0.2, -0.15) is 21.6 Å². The highest BCUT2D eigenvalue weighted by Gasteiger charge is 2.51. The summed E-state index contributed by atoms with van der Waals surface area (Å²) in [6, 6.07) is -0.346. The molecule has 1 saturated heterocycles. The summed E-state index contributed by atoms with van der Waals surface area (Å²) in [5, 5.41) is 0. The Balaban J connectivity index is 2.19. The molecule has 5 nitrogen and oxygen atoms in total. The van der Waals surface area contributed by atoms with E-state index in [1.165, 1.54) is 4.90 Å². The fourth-order valence-corrected chi connectivity index (χ4v) is 2.29. The van der Waals surface area contributed by atoms with Crippen LogP contribution in [0, 0.1) is 0 Å². The molecule has 0 aromatic rings. The third kappa shape index (κ3) is 1.99. The van der Waals surface area contributed by atoms with E-state index in [4.69, 9.17) is 0 Å². The van der Waals surface area contributed by atoms with Gasteiger partial charge in [0, 0.05) is 6.54 Å². The molecule has 0 spiro atoms. The Hall–Kier alpha value is -1.25. The van der Waals surface area contributed by atoms with E-state index < -0.39 is 27.3 Å². The number of carbonyl (C=O) groups is 1. The zero-order chi connectivity index (χ0) is 12.8. The summed E-state index contributed by atoms with van der Waals surface area (Å²) in [7, 11) is -5.76. The van der Waals surface area contributed by atoms with Crippen LogP contribution >= 0.6 is 0 Å². The van der Waals surface area contributed by atoms with Crippen molar-refractivity contribution in [3.63, 3.8) is 0 Å². The fraction of sp³-hybridized carbons (Fsp3) is 0.625. The van der Waals surface area contributed by atoms with Crippen molar-refractivity contribution < 1.29 is 30.6 Å². The Morgan fingerprint density at radius 1 is 1.41 bits per heavy atom. The van der Waals surface area contributed by atoms with Crippen LogP contribution in [-0.2, 0) is 19.1 Å². The molecule has 0 saturated carbocycles. The van der Waals surface area contributed by atoms with Crippen molar-refractivity contribution in [3.8, 4) is 0 Å². The van der Waals surface area contributed by atoms with Gasteiger partial charge in [0.05, 0.1) is 6.04 Å². The summed E-state index contributed by atoms with van der Waals surface area (Å²) in [6.07, 6.45) is 2.47. The SMILES string of the molecule is O=C1C(OS(=O)(=O)C(F)(F)F)=C[C@H]2CCCN12. The molecule has 0 radical (unpaired) electrons. The smallest absolute Gasteiger partial charge is 0.370 e. The topological polar surface area (TPSA) is 63.7 Å². The van der Waals surface area contributed by atoms with Crippen LogP contribution in [0.2, 0.25) is 0 Å². The molecule has 2 aliphatic heterocycles. The molecule has 2 heterocycles. The Labute approximate surface area is 95.0 Å². The predicted molar refractivity (Wildman–Crippen MR) is 48.9 cm³/mol. The molecule has 0 aromatic heterocycles. The van der Waals surface area contributed by atoms with E-state index in [9.17, 15) is 26.4 Å². The first kappa shape index (κ1) is 12.2. The van der Waals surface area contributed by atoms with Crippen LogP contribution < -0.4 is 0 Å². The molecule has 17 heavy (non-hydrogen) atoms. The number of halogens is 3. The van der Waals surface area contributed by atoms with Gasteiger partial charge in [0.1, 0.15) is 0 Å². The molecule has 0 unspecified atom stereocenters. The number of carbonyl (C=O) groups excluding carboxylic acids is 1. The molecular formula is C8H8F3NO4S. The highest BCUT2D eigenvalue weighted by atomic mass is 32.2. The number of hydrogen-bond acceptors (Lipinski definition) is 4. The number of rotatable bonds is 2. The van der Waals surface area contributed by atoms with Gasteiger partial charge in [-0.1, -0.05) is 0 Å². The van der Waals surface area contributed by atoms with E-state index in [-0.39, 0.29) is 6.04 Å². The van der Waals surface area contributed by atoms with Gasteiger partial charge in [0.25, 0.3) is 5.91 Å². The van der Waals surface area contributed by atoms with E-state index in [1.807, 2.05) is 0 Å². The highest BCUT2D eigenvalue weighted by molar-refractivity contribution is 7.87. The van der Waals surface area contributed by atoms with Crippen molar-refractivity contribution in [2.24, 2.45) is 0 Å². The molecule has 9 heteroatoms. The second-order valence-corrected chi connectivity index (χ2v) is 5.26. The second kappa shape index (κ2) is 3.62. The first-order valence-electron chi connectivity index (χ1n) is 4.76. The molecule has 0 aromatic carbocycles. The average Bonchev–Trinajstić information content (AvgIpc) is 2.70. The lowest BCUT2D eigenvalue weighted by molar-refractivity contribution is -0.127. The maximum Gasteiger partial charge on any atom is 0.534 e. The van der Waals surface area contributed by atoms with Crippen LogP contribution in [0.25, 0.3) is 0 Å². The van der Waals surface area contributed by atoms with Gasteiger partial charge in [-0.3, -0.25) is 4.79 Å². The van der Waals surface area contributed by atoms with Gasteiger partial charge in [-0.15, -0.1) is 0 Å². The van der Waals surface area contributed by atoms with Crippen LogP contribution in [0.3, 0.4) is 0 Å². The third-order valence-corrected chi connectivity index (χ3v) is 3.56. The van der Waals surface area contributed by atoms with Crippen molar-refractivity contribution in [2.75, 3.05) is 6.54 Å². The van der Waals surface area contributed by atoms with Crippen LogP contribution in [0.15, 0.2) is 11.8 Å². The zero-order valence-electron chi connectivity index (χ0n) is 8.40. The number of amides is 1. The predicted octanol–water partition coefficient (Wildman–Crippen LogP) is 0.741. The molecule has 1 fully saturated rings. The monoisotopic (exact) mass is 271 g/mol. The Bertz CT molecular complexity index is 481. The molecule has 2 rings (SSSR count). The molecule has 0 aliphatic carbocycles. The molecular weight excluding hydrogens is 263 g/mol. The lowest BCUT2D eigenvalue weighted by atomic mass is 10.2. The van der Waals surface area contributed by atoms with Gasteiger partial charge < -0.3 is 9.08 Å². The molecule has 96 valence electrons. The molecule has 1 amide bonds. The summed E-state index contributed by atoms with van der Waals surface area (Å²) >= 11 is 0. The van der Waals surface area contributed by atoms with Gasteiger partial charge in [0.2, 0.25) is 5.76 Å². The van der Waals surface area contributed by atoms with Gasteiger partial charge in [-0.05, 0) is 18.9 Å². The second-order valence-electron chi connectivity index (χ2n) is 3.72. The number of hydrogen-bond donors (Lipinski definition) is 0. The van der Waals surface area contributed by atoms with E-state index in [2.05, 4.69) is 4.18 Å². The molecule has 0 N–H and O–H groups in total. The van der Waals surface area contributed by atoms with Crippen LogP contribution in [0.1, 0.15) is 12.8 Å². The summed E-state index contributed by atoms with van der Waals surface area (Å²) in [5.41, 5.74) is -5.53. The zero-order valence-corrected chi connectivity index (χ0v) is 9.21. The van der Waals surface area contributed by atoms with Gasteiger partial charge in [-0.25, -0.2) is 0 Å². The molecule has 0 bridgehead atoms. The summed E-state index contributed by atoms with van der Waals surface area (Å²) in [4.78, 5) is 12.8. The van der Waals surface area contributed by atoms with Gasteiger partial charge >= 0.3 is 15.6 Å². The number of fused-ring (bicyclic) bond motifs is 1. The minimum atomic E-state index is -5.76. The standard InChI is InChI=1S/C8H8F3NO4S/c9-8(10,11)17(14,15)16-6-4-5-2-1-3-12(5)7(6)13/h4-5H,1-3H2/t5-/m1/s1. The summed E-state index contributed by atoms with van der Waals surface area (Å²) in [6.45, 7) is 0.402. The normalized spacial score (nSPS) is 24.9. The van der Waals surface area contributed by atoms with E-state index in [0.29, 0.717) is 13.0 Å². The van der Waals surface area contributed by atoms with Gasteiger partial charge in [0.15, 0.2) is 0 Å².